The molecule has 2 atom stereocenters. The van der Waals surface area contributed by atoms with E-state index in [0.29, 0.717) is 52.0 Å². The van der Waals surface area contributed by atoms with Crippen LogP contribution in [0.25, 0.3) is 0 Å². The molecule has 2 aliphatic heterocycles. The number of morpholine rings is 1. The topological polar surface area (TPSA) is 117 Å². The summed E-state index contributed by atoms with van der Waals surface area (Å²) >= 11 is 0. The molecule has 2 fully saturated rings. The zero-order valence-electron chi connectivity index (χ0n) is 15.8. The van der Waals surface area contributed by atoms with Gasteiger partial charge < -0.3 is 25.6 Å². The first-order valence-corrected chi connectivity index (χ1v) is 9.29. The number of nitrogens with one attached hydrogen (secondary N) is 3. The Kier molecular flexibility index (Phi) is 7.78. The monoisotopic (exact) mass is 380 g/mol. The number of nitrogens with zero attached hydrogens (tertiary/aromatic N) is 1. The Labute approximate surface area is 158 Å². The molecule has 3 N–H and O–H groups in total. The molecule has 0 aromatic heterocycles. The average Bonchev–Trinajstić information content (AvgIpc) is 3.05. The lowest BCUT2D eigenvalue weighted by Gasteiger charge is -2.29. The minimum atomic E-state index is -0.777. The zero-order valence-corrected chi connectivity index (χ0v) is 15.8. The smallest absolute Gasteiger partial charge is 0.318 e. The van der Waals surface area contributed by atoms with E-state index in [1.807, 2.05) is 13.8 Å². The van der Waals surface area contributed by atoms with Gasteiger partial charge >= 0.3 is 6.03 Å². The highest BCUT2D eigenvalue weighted by atomic mass is 16.5. The van der Waals surface area contributed by atoms with Crippen LogP contribution in [0.2, 0.25) is 0 Å². The molecule has 150 valence electrons. The fourth-order valence-corrected chi connectivity index (χ4v) is 3.04. The highest BCUT2D eigenvalue weighted by molar-refractivity contribution is 5.92. The fourth-order valence-electron chi connectivity index (χ4n) is 3.04. The Morgan fingerprint density at radius 2 is 2.04 bits per heavy atom. The van der Waals surface area contributed by atoms with E-state index in [0.717, 1.165) is 0 Å². The SMILES string of the molecule is CC(C)C[C@H](NC(=O)N1CCOCC1)C(=O)N/C(C=O)=C/C1CCNC1=O. The van der Waals surface area contributed by atoms with E-state index >= 15 is 0 Å². The first kappa shape index (κ1) is 20.9. The lowest BCUT2D eigenvalue weighted by molar-refractivity contribution is -0.124. The van der Waals surface area contributed by atoms with Gasteiger partial charge in [0.25, 0.3) is 0 Å². The van der Waals surface area contributed by atoms with E-state index in [4.69, 9.17) is 4.74 Å². The van der Waals surface area contributed by atoms with Crippen molar-refractivity contribution >= 4 is 24.1 Å². The van der Waals surface area contributed by atoms with Gasteiger partial charge in [0, 0.05) is 19.6 Å². The van der Waals surface area contributed by atoms with Crippen LogP contribution in [-0.2, 0) is 19.1 Å². The van der Waals surface area contributed by atoms with Crippen LogP contribution in [-0.4, -0.2) is 67.9 Å². The van der Waals surface area contributed by atoms with Crippen molar-refractivity contribution in [2.75, 3.05) is 32.8 Å². The lowest BCUT2D eigenvalue weighted by atomic mass is 10.0. The van der Waals surface area contributed by atoms with Gasteiger partial charge in [-0.3, -0.25) is 14.4 Å². The molecule has 9 heteroatoms. The number of hydrogen-bond donors (Lipinski definition) is 3. The van der Waals surface area contributed by atoms with Gasteiger partial charge in [0.15, 0.2) is 6.29 Å². The van der Waals surface area contributed by atoms with Crippen LogP contribution in [0, 0.1) is 11.8 Å². The normalized spacial score (nSPS) is 21.6. The Morgan fingerprint density at radius 3 is 2.59 bits per heavy atom. The minimum absolute atomic E-state index is 0.0384. The van der Waals surface area contributed by atoms with Crippen molar-refractivity contribution in [2.45, 2.75) is 32.7 Å². The standard InChI is InChI=1S/C18H28N4O5/c1-12(2)9-15(21-18(26)22-5-7-27-8-6-22)17(25)20-14(11-23)10-13-3-4-19-16(13)24/h10-13,15H,3-9H2,1-2H3,(H,19,24)(H,20,25)(H,21,26)/b14-10+/t13?,15-/m0/s1. The van der Waals surface area contributed by atoms with Crippen LogP contribution in [0.1, 0.15) is 26.7 Å². The Morgan fingerprint density at radius 1 is 1.33 bits per heavy atom. The first-order chi connectivity index (χ1) is 12.9. The zero-order chi connectivity index (χ0) is 19.8. The summed E-state index contributed by atoms with van der Waals surface area (Å²) in [5.41, 5.74) is 0.0384. The molecule has 2 aliphatic rings. The largest absolute Gasteiger partial charge is 0.378 e. The minimum Gasteiger partial charge on any atom is -0.378 e. The molecule has 9 nitrogen and oxygen atoms in total. The maximum atomic E-state index is 12.7. The molecule has 0 radical (unpaired) electrons. The van der Waals surface area contributed by atoms with Crippen molar-refractivity contribution in [1.82, 2.24) is 20.9 Å². The molecule has 0 saturated carbocycles. The molecule has 2 saturated heterocycles. The molecule has 2 rings (SSSR count). The molecule has 4 amide bonds. The van der Waals surface area contributed by atoms with E-state index in [2.05, 4.69) is 16.0 Å². The van der Waals surface area contributed by atoms with Crippen molar-refractivity contribution in [2.24, 2.45) is 11.8 Å². The van der Waals surface area contributed by atoms with Gasteiger partial charge in [-0.05, 0) is 24.8 Å². The quantitative estimate of drug-likeness (QED) is 0.417. The van der Waals surface area contributed by atoms with Crippen LogP contribution in [0.3, 0.4) is 0 Å². The average molecular weight is 380 g/mol. The molecule has 1 unspecified atom stereocenters. The molecule has 27 heavy (non-hydrogen) atoms. The summed E-state index contributed by atoms with van der Waals surface area (Å²) in [6.45, 7) is 6.31. The summed E-state index contributed by atoms with van der Waals surface area (Å²) in [5, 5.41) is 7.97. The van der Waals surface area contributed by atoms with Crippen molar-refractivity contribution in [3.05, 3.63) is 11.8 Å². The third-order valence-corrected chi connectivity index (χ3v) is 4.49. The number of aldehydes is 1. The van der Waals surface area contributed by atoms with Crippen LogP contribution < -0.4 is 16.0 Å². The number of amides is 4. The predicted octanol–water partition coefficient (Wildman–Crippen LogP) is -0.222. The van der Waals surface area contributed by atoms with Crippen molar-refractivity contribution in [3.63, 3.8) is 0 Å². The summed E-state index contributed by atoms with van der Waals surface area (Å²) in [4.78, 5) is 49.6. The van der Waals surface area contributed by atoms with Crippen LogP contribution in [0.4, 0.5) is 4.79 Å². The Bertz CT molecular complexity index is 599. The van der Waals surface area contributed by atoms with Gasteiger partial charge in [-0.25, -0.2) is 4.79 Å². The first-order valence-electron chi connectivity index (χ1n) is 9.29. The number of ether oxygens (including phenoxy) is 1. The van der Waals surface area contributed by atoms with Crippen molar-refractivity contribution in [1.29, 1.82) is 0 Å². The van der Waals surface area contributed by atoms with Crippen LogP contribution in [0.5, 0.6) is 0 Å². The van der Waals surface area contributed by atoms with E-state index in [1.54, 1.807) is 4.90 Å². The van der Waals surface area contributed by atoms with E-state index in [1.165, 1.54) is 6.08 Å². The highest BCUT2D eigenvalue weighted by Gasteiger charge is 2.27. The summed E-state index contributed by atoms with van der Waals surface area (Å²) < 4.78 is 5.23. The van der Waals surface area contributed by atoms with Gasteiger partial charge in [0.2, 0.25) is 11.8 Å². The molecule has 2 heterocycles. The summed E-state index contributed by atoms with van der Waals surface area (Å²) in [6.07, 6.45) is 2.98. The Balaban J connectivity index is 2.01. The van der Waals surface area contributed by atoms with E-state index in [-0.39, 0.29) is 23.6 Å². The number of urea groups is 1. The summed E-state index contributed by atoms with van der Waals surface area (Å²) in [6, 6.07) is -1.10. The van der Waals surface area contributed by atoms with Gasteiger partial charge in [0.1, 0.15) is 6.04 Å². The van der Waals surface area contributed by atoms with Gasteiger partial charge in [-0.2, -0.15) is 0 Å². The van der Waals surface area contributed by atoms with Crippen molar-refractivity contribution < 1.29 is 23.9 Å². The lowest BCUT2D eigenvalue weighted by Crippen LogP contribution is -2.53. The number of carbonyl (C=O) groups excluding carboxylic acids is 4. The van der Waals surface area contributed by atoms with Gasteiger partial charge in [0.05, 0.1) is 24.8 Å². The molecule has 0 spiro atoms. The Hall–Kier alpha value is -2.42. The molecule has 0 aromatic carbocycles. The van der Waals surface area contributed by atoms with E-state index in [9.17, 15) is 19.2 Å². The highest BCUT2D eigenvalue weighted by Crippen LogP contribution is 2.13. The number of carbonyl (C=O) groups is 4. The van der Waals surface area contributed by atoms with Crippen LogP contribution >= 0.6 is 0 Å². The number of hydrogen-bond acceptors (Lipinski definition) is 5. The van der Waals surface area contributed by atoms with E-state index < -0.39 is 17.9 Å². The summed E-state index contributed by atoms with van der Waals surface area (Å²) in [7, 11) is 0. The van der Waals surface area contributed by atoms with Crippen molar-refractivity contribution in [3.8, 4) is 0 Å². The number of rotatable bonds is 7. The molecular formula is C18H28N4O5. The molecule has 0 bridgehead atoms. The third-order valence-electron chi connectivity index (χ3n) is 4.49. The molecular weight excluding hydrogens is 352 g/mol. The summed E-state index contributed by atoms with van der Waals surface area (Å²) in [5.74, 6) is -0.906. The second kappa shape index (κ2) is 10.1. The molecule has 0 aromatic rings. The maximum absolute atomic E-state index is 12.7. The molecule has 0 aliphatic carbocycles. The second-order valence-electron chi connectivity index (χ2n) is 7.15. The second-order valence-corrected chi connectivity index (χ2v) is 7.15. The third kappa shape index (κ3) is 6.35. The maximum Gasteiger partial charge on any atom is 0.318 e. The predicted molar refractivity (Wildman–Crippen MR) is 97.6 cm³/mol. The van der Waals surface area contributed by atoms with Crippen LogP contribution in [0.15, 0.2) is 11.8 Å². The fraction of sp³-hybridized carbons (Fsp3) is 0.667. The van der Waals surface area contributed by atoms with Gasteiger partial charge in [-0.1, -0.05) is 13.8 Å². The van der Waals surface area contributed by atoms with Gasteiger partial charge in [-0.15, -0.1) is 0 Å². The number of allylic oxidation sites excluding steroid dienone is 1.